The number of carbonyl (C=O) groups is 1. The monoisotopic (exact) mass is 243 g/mol. The molecule has 0 radical (unpaired) electrons. The van der Waals surface area contributed by atoms with E-state index in [2.05, 4.69) is 15.5 Å². The third-order valence-corrected chi connectivity index (χ3v) is 2.30. The van der Waals surface area contributed by atoms with Crippen LogP contribution >= 0.6 is 0 Å². The first-order valence-electron chi connectivity index (χ1n) is 5.40. The molecule has 1 heterocycles. The molecule has 0 saturated heterocycles. The number of rotatable bonds is 4. The van der Waals surface area contributed by atoms with E-state index in [1.54, 1.807) is 25.4 Å². The van der Waals surface area contributed by atoms with Gasteiger partial charge in [-0.2, -0.15) is 5.10 Å². The molecule has 0 aliphatic carbocycles. The van der Waals surface area contributed by atoms with Crippen molar-refractivity contribution in [2.45, 2.75) is 0 Å². The van der Waals surface area contributed by atoms with E-state index in [1.165, 1.54) is 6.08 Å². The second-order valence-electron chi connectivity index (χ2n) is 3.57. The van der Waals surface area contributed by atoms with Gasteiger partial charge in [0.25, 0.3) is 0 Å². The van der Waals surface area contributed by atoms with Gasteiger partial charge in [0.15, 0.2) is 0 Å². The minimum atomic E-state index is -0.213. The van der Waals surface area contributed by atoms with Crippen LogP contribution in [0.15, 0.2) is 42.6 Å². The van der Waals surface area contributed by atoms with Crippen LogP contribution in [-0.2, 0) is 4.79 Å². The predicted molar refractivity (Wildman–Crippen MR) is 69.2 cm³/mol. The SMILES string of the molecule is COc1ccc(/C=C/C(=O)Nc2ccn[nH]2)cc1. The first kappa shape index (κ1) is 11.9. The van der Waals surface area contributed by atoms with Gasteiger partial charge in [-0.1, -0.05) is 12.1 Å². The lowest BCUT2D eigenvalue weighted by Crippen LogP contribution is -2.07. The smallest absolute Gasteiger partial charge is 0.249 e. The Hall–Kier alpha value is -2.56. The van der Waals surface area contributed by atoms with Crippen molar-refractivity contribution in [1.82, 2.24) is 10.2 Å². The molecule has 5 heteroatoms. The second-order valence-corrected chi connectivity index (χ2v) is 3.57. The Morgan fingerprint density at radius 2 is 2.11 bits per heavy atom. The number of anilines is 1. The van der Waals surface area contributed by atoms with Crippen molar-refractivity contribution < 1.29 is 9.53 Å². The average molecular weight is 243 g/mol. The minimum Gasteiger partial charge on any atom is -0.497 e. The fourth-order valence-corrected chi connectivity index (χ4v) is 1.39. The van der Waals surface area contributed by atoms with Crippen LogP contribution in [0.3, 0.4) is 0 Å². The number of ether oxygens (including phenoxy) is 1. The molecule has 5 nitrogen and oxygen atoms in total. The number of carbonyl (C=O) groups excluding carboxylic acids is 1. The van der Waals surface area contributed by atoms with Gasteiger partial charge < -0.3 is 10.1 Å². The van der Waals surface area contributed by atoms with E-state index in [0.717, 1.165) is 11.3 Å². The molecular weight excluding hydrogens is 230 g/mol. The lowest BCUT2D eigenvalue weighted by molar-refractivity contribution is -0.111. The van der Waals surface area contributed by atoms with Gasteiger partial charge in [-0.3, -0.25) is 9.89 Å². The topological polar surface area (TPSA) is 67.0 Å². The van der Waals surface area contributed by atoms with Gasteiger partial charge >= 0.3 is 0 Å². The van der Waals surface area contributed by atoms with Gasteiger partial charge in [0.2, 0.25) is 5.91 Å². The number of methoxy groups -OCH3 is 1. The van der Waals surface area contributed by atoms with Gasteiger partial charge in [-0.25, -0.2) is 0 Å². The highest BCUT2D eigenvalue weighted by Crippen LogP contribution is 2.12. The largest absolute Gasteiger partial charge is 0.497 e. The van der Waals surface area contributed by atoms with Crippen LogP contribution in [0.5, 0.6) is 5.75 Å². The highest BCUT2D eigenvalue weighted by Gasteiger charge is 1.98. The molecule has 0 saturated carbocycles. The number of benzene rings is 1. The summed E-state index contributed by atoms with van der Waals surface area (Å²) in [5.41, 5.74) is 0.926. The van der Waals surface area contributed by atoms with E-state index in [4.69, 9.17) is 4.74 Å². The number of aromatic amines is 1. The molecular formula is C13H13N3O2. The number of amides is 1. The van der Waals surface area contributed by atoms with Crippen molar-refractivity contribution in [2.75, 3.05) is 12.4 Å². The minimum absolute atomic E-state index is 0.213. The number of nitrogens with one attached hydrogen (secondary N) is 2. The first-order chi connectivity index (χ1) is 8.78. The van der Waals surface area contributed by atoms with Crippen molar-refractivity contribution in [1.29, 1.82) is 0 Å². The van der Waals surface area contributed by atoms with Gasteiger partial charge in [-0.05, 0) is 23.8 Å². The zero-order valence-corrected chi connectivity index (χ0v) is 9.88. The van der Waals surface area contributed by atoms with Gasteiger partial charge in [0.1, 0.15) is 11.6 Å². The van der Waals surface area contributed by atoms with Gasteiger partial charge in [0.05, 0.1) is 13.3 Å². The van der Waals surface area contributed by atoms with Gasteiger partial charge in [0, 0.05) is 12.1 Å². The van der Waals surface area contributed by atoms with Crippen LogP contribution in [-0.4, -0.2) is 23.2 Å². The number of H-pyrrole nitrogens is 1. The van der Waals surface area contributed by atoms with Crippen LogP contribution in [0, 0.1) is 0 Å². The van der Waals surface area contributed by atoms with Crippen molar-refractivity contribution in [2.24, 2.45) is 0 Å². The Balaban J connectivity index is 1.95. The van der Waals surface area contributed by atoms with E-state index < -0.39 is 0 Å². The quantitative estimate of drug-likeness (QED) is 0.808. The lowest BCUT2D eigenvalue weighted by Gasteiger charge is -1.99. The van der Waals surface area contributed by atoms with Crippen LogP contribution in [0.1, 0.15) is 5.56 Å². The maximum Gasteiger partial charge on any atom is 0.249 e. The third kappa shape index (κ3) is 3.21. The maximum absolute atomic E-state index is 11.5. The number of nitrogens with zero attached hydrogens (tertiary/aromatic N) is 1. The third-order valence-electron chi connectivity index (χ3n) is 2.30. The van der Waals surface area contributed by atoms with Crippen LogP contribution in [0.25, 0.3) is 6.08 Å². The first-order valence-corrected chi connectivity index (χ1v) is 5.40. The van der Waals surface area contributed by atoms with Crippen molar-refractivity contribution in [3.63, 3.8) is 0 Å². The Labute approximate surface area is 104 Å². The molecule has 1 aromatic heterocycles. The zero-order valence-electron chi connectivity index (χ0n) is 9.88. The molecule has 0 aliphatic heterocycles. The maximum atomic E-state index is 11.5. The van der Waals surface area contributed by atoms with Crippen LogP contribution < -0.4 is 10.1 Å². The molecule has 0 aliphatic rings. The number of hydrogen-bond acceptors (Lipinski definition) is 3. The van der Waals surface area contributed by atoms with E-state index in [0.29, 0.717) is 5.82 Å². The molecule has 1 amide bonds. The van der Waals surface area contributed by atoms with Crippen molar-refractivity contribution >= 4 is 17.8 Å². The molecule has 2 N–H and O–H groups in total. The highest BCUT2D eigenvalue weighted by atomic mass is 16.5. The van der Waals surface area contributed by atoms with Crippen molar-refractivity contribution in [3.8, 4) is 5.75 Å². The Morgan fingerprint density at radius 1 is 1.33 bits per heavy atom. The standard InChI is InChI=1S/C13H13N3O2/c1-18-11-5-2-10(3-6-11)4-7-13(17)15-12-8-9-14-16-12/h2-9H,1H3,(H2,14,15,16,17)/b7-4+. The molecule has 0 fully saturated rings. The highest BCUT2D eigenvalue weighted by molar-refractivity contribution is 6.01. The summed E-state index contributed by atoms with van der Waals surface area (Å²) in [6.45, 7) is 0. The molecule has 92 valence electrons. The molecule has 1 aromatic carbocycles. The number of hydrogen-bond donors (Lipinski definition) is 2. The molecule has 0 atom stereocenters. The lowest BCUT2D eigenvalue weighted by atomic mass is 10.2. The summed E-state index contributed by atoms with van der Waals surface area (Å²) < 4.78 is 5.05. The van der Waals surface area contributed by atoms with Gasteiger partial charge in [-0.15, -0.1) is 0 Å². The second kappa shape index (κ2) is 5.67. The van der Waals surface area contributed by atoms with Crippen molar-refractivity contribution in [3.05, 3.63) is 48.2 Å². The Bertz CT molecular complexity index is 530. The molecule has 0 spiro atoms. The molecule has 0 bridgehead atoms. The number of aromatic nitrogens is 2. The molecule has 0 unspecified atom stereocenters. The predicted octanol–water partition coefficient (Wildman–Crippen LogP) is 2.07. The summed E-state index contributed by atoms with van der Waals surface area (Å²) >= 11 is 0. The van der Waals surface area contributed by atoms with Crippen LogP contribution in [0.4, 0.5) is 5.82 Å². The fraction of sp³-hybridized carbons (Fsp3) is 0.0769. The Kier molecular flexibility index (Phi) is 3.76. The van der Waals surface area contributed by atoms with E-state index in [9.17, 15) is 4.79 Å². The fourth-order valence-electron chi connectivity index (χ4n) is 1.39. The summed E-state index contributed by atoms with van der Waals surface area (Å²) in [7, 11) is 1.61. The molecule has 2 aromatic rings. The summed E-state index contributed by atoms with van der Waals surface area (Å²) in [4.78, 5) is 11.5. The normalized spacial score (nSPS) is 10.5. The summed E-state index contributed by atoms with van der Waals surface area (Å²) in [5, 5.41) is 9.03. The zero-order chi connectivity index (χ0) is 12.8. The van der Waals surface area contributed by atoms with E-state index in [-0.39, 0.29) is 5.91 Å². The molecule has 18 heavy (non-hydrogen) atoms. The average Bonchev–Trinajstić information content (AvgIpc) is 2.90. The summed E-state index contributed by atoms with van der Waals surface area (Å²) in [6, 6.07) is 9.11. The Morgan fingerprint density at radius 3 is 2.72 bits per heavy atom. The van der Waals surface area contributed by atoms with Crippen LogP contribution in [0.2, 0.25) is 0 Å². The van der Waals surface area contributed by atoms with E-state index >= 15 is 0 Å². The van der Waals surface area contributed by atoms with E-state index in [1.807, 2.05) is 24.3 Å². The molecule has 2 rings (SSSR count). The summed E-state index contributed by atoms with van der Waals surface area (Å²) in [5.74, 6) is 1.14. The summed E-state index contributed by atoms with van der Waals surface area (Å²) in [6.07, 6.45) is 4.76.